The summed E-state index contributed by atoms with van der Waals surface area (Å²) >= 11 is 14.1. The number of ether oxygens (including phenoxy) is 4. The van der Waals surface area contributed by atoms with E-state index in [-0.39, 0.29) is 33.9 Å². The molecule has 4 aliphatic rings. The number of aromatic carboxylic acids is 1. The molecule has 4 atom stereocenters. The minimum Gasteiger partial charge on any atom is -0.508 e. The van der Waals surface area contributed by atoms with E-state index in [1.807, 2.05) is 87.5 Å². The second kappa shape index (κ2) is 59.3. The zero-order chi connectivity index (χ0) is 85.0. The average molecular weight is 2010 g/mol. The highest BCUT2D eigenvalue weighted by atomic mass is 128. The summed E-state index contributed by atoms with van der Waals surface area (Å²) in [7, 11) is 1.00. The van der Waals surface area contributed by atoms with E-state index in [0.717, 1.165) is 127 Å². The largest absolute Gasteiger partial charge is 0.508 e. The zero-order valence-electron chi connectivity index (χ0n) is 67.3. The van der Waals surface area contributed by atoms with Gasteiger partial charge in [-0.2, -0.15) is 0 Å². The summed E-state index contributed by atoms with van der Waals surface area (Å²) in [6.45, 7) is 25.8. The van der Waals surface area contributed by atoms with E-state index in [1.165, 1.54) is 132 Å². The average Bonchev–Trinajstić information content (AvgIpc) is 1.35. The van der Waals surface area contributed by atoms with Crippen LogP contribution in [0.25, 0.3) is 16.6 Å². The lowest BCUT2D eigenvalue weighted by molar-refractivity contribution is -0.385. The first-order chi connectivity index (χ1) is 55.3. The summed E-state index contributed by atoms with van der Waals surface area (Å²) in [6, 6.07) is 46.3. The van der Waals surface area contributed by atoms with Crippen molar-refractivity contribution < 1.29 is 53.8 Å². The van der Waals surface area contributed by atoms with Crippen molar-refractivity contribution in [3.05, 3.63) is 221 Å². The van der Waals surface area contributed by atoms with Gasteiger partial charge in [0.15, 0.2) is 0 Å². The molecule has 4 saturated heterocycles. The van der Waals surface area contributed by atoms with Crippen LogP contribution in [0, 0.1) is 51.1 Å². The standard InChI is InChI=1S/C24H29N3O2.C14H20N2O3.C14H22N2O.C9H10BrNO3.C8H9NO2.C6H5NO3.C5H11N.C3H6Br2.CH4O.I2/c1-17-7-12-23-22(16-17)24(28)27(19(3)25-23)20-8-10-21(11-9-20)29-15-5-14-26-13-4-6-18(26)2;1-12-4-2-9-15(12)10-3-11-19-14-7-5-13(6-8-14)16(17)18;1-12-4-2-9-16(12)10-3-11-17-14-7-5-13(15)6-8-14;10-6-1-7-14-9-4-2-8(3-5-9)11(12)13;1-5-2-3-7(9)6(4-5)8(10)11;8-6-3-1-5(2-4-6)7(9)10;1-5-3-2-4-6-5;4-2-1-3-5;2*1-2/h7-12,16,18H,4-6,13-15H2,1-3H3;5-8,12H,2-4,9-11H2,1H3;5-8,12H,2-4,9-11,15H2,1H3;2-5H,1,6-7H2;2-4H,9H2,1H3,(H,10,11);1-4,8H;5-6H,2-4H2,1H3;1-3H2;2H,1H3;/t18-;2*12-;;;;5-;;;/m000...0.../s1. The first kappa shape index (κ1) is 102. The number of aryl methyl sites for hydroxylation is 3. The van der Waals surface area contributed by atoms with Gasteiger partial charge in [-0.1, -0.05) is 71.0 Å². The van der Waals surface area contributed by atoms with Gasteiger partial charge in [-0.15, -0.1) is 0 Å². The fraction of sp³-hybridized carbons (Fsp3) is 0.464. The Bertz CT molecular complexity index is 4100. The Morgan fingerprint density at radius 2 is 0.904 bits per heavy atom. The molecule has 632 valence electrons. The number of nitro benzene ring substituents is 3. The van der Waals surface area contributed by atoms with E-state index >= 15 is 0 Å². The summed E-state index contributed by atoms with van der Waals surface area (Å²) < 4.78 is 24.2. The Kier molecular flexibility index (Phi) is 52.5. The van der Waals surface area contributed by atoms with Gasteiger partial charge >= 0.3 is 5.97 Å². The third-order valence-electron chi connectivity index (χ3n) is 18.5. The van der Waals surface area contributed by atoms with Crippen molar-refractivity contribution in [2.75, 3.05) is 107 Å². The number of aromatic hydroxyl groups is 1. The summed E-state index contributed by atoms with van der Waals surface area (Å²) in [4.78, 5) is 65.2. The molecule has 31 heteroatoms. The van der Waals surface area contributed by atoms with Crippen LogP contribution in [0.4, 0.5) is 28.4 Å². The Hall–Kier alpha value is -7.35. The molecule has 0 radical (unpaired) electrons. The molecule has 7 aromatic carbocycles. The van der Waals surface area contributed by atoms with E-state index in [0.29, 0.717) is 60.3 Å². The van der Waals surface area contributed by atoms with Crippen molar-refractivity contribution in [1.29, 1.82) is 0 Å². The molecule has 4 aliphatic heterocycles. The molecular formula is C84H116Br3I2N11O15. The number of halogens is 5. The van der Waals surface area contributed by atoms with Gasteiger partial charge in [0.1, 0.15) is 34.6 Å². The molecule has 26 nitrogen and oxygen atoms in total. The number of nitro groups is 3. The summed E-state index contributed by atoms with van der Waals surface area (Å²) in [5.41, 5.74) is 15.9. The number of aromatic nitrogens is 2. The number of aliphatic hydroxyl groups is 1. The van der Waals surface area contributed by atoms with Crippen LogP contribution in [0.2, 0.25) is 0 Å². The van der Waals surface area contributed by atoms with Gasteiger partial charge in [0, 0.05) is 152 Å². The maximum absolute atomic E-state index is 13.0. The second-order valence-corrected chi connectivity index (χ2v) is 29.7. The molecule has 0 saturated carbocycles. The fourth-order valence-electron chi connectivity index (χ4n) is 12.2. The normalized spacial score (nSPS) is 15.8. The van der Waals surface area contributed by atoms with Crippen LogP contribution in [-0.4, -0.2) is 180 Å². The van der Waals surface area contributed by atoms with Crippen molar-refractivity contribution in [2.24, 2.45) is 0 Å². The van der Waals surface area contributed by atoms with Crippen molar-refractivity contribution in [3.8, 4) is 34.4 Å². The number of anilines is 2. The van der Waals surface area contributed by atoms with Gasteiger partial charge in [0.25, 0.3) is 22.6 Å². The number of carboxylic acids is 1. The number of benzene rings is 7. The minimum absolute atomic E-state index is 0.0159. The van der Waals surface area contributed by atoms with E-state index < -0.39 is 20.7 Å². The number of nitrogens with zero attached hydrogens (tertiary/aromatic N) is 8. The molecule has 0 bridgehead atoms. The van der Waals surface area contributed by atoms with Crippen LogP contribution in [0.5, 0.6) is 28.7 Å². The predicted octanol–water partition coefficient (Wildman–Crippen LogP) is 19.3. The summed E-state index contributed by atoms with van der Waals surface area (Å²) in [5.74, 6) is 2.83. The first-order valence-electron chi connectivity index (χ1n) is 38.5. The van der Waals surface area contributed by atoms with Crippen LogP contribution in [0.1, 0.15) is 138 Å². The number of likely N-dealkylation sites (tertiary alicyclic amines) is 3. The van der Waals surface area contributed by atoms with Crippen LogP contribution in [-0.2, 0) is 0 Å². The quantitative estimate of drug-likeness (QED) is 0.00732. The molecule has 0 amide bonds. The van der Waals surface area contributed by atoms with Crippen LogP contribution in [0.3, 0.4) is 0 Å². The lowest BCUT2D eigenvalue weighted by Gasteiger charge is -2.20. The smallest absolute Gasteiger partial charge is 0.337 e. The first-order valence-corrected chi connectivity index (χ1v) is 48.2. The molecule has 0 aliphatic carbocycles. The summed E-state index contributed by atoms with van der Waals surface area (Å²) in [6.07, 6.45) is 15.9. The Morgan fingerprint density at radius 3 is 1.23 bits per heavy atom. The number of carboxylic acid groups (broad SMARTS) is 1. The Balaban J connectivity index is 0.000000355. The number of carbonyl (C=O) groups is 1. The van der Waals surface area contributed by atoms with Gasteiger partial charge < -0.3 is 65.8 Å². The number of phenolic OH excluding ortho intramolecular Hbond substituents is 1. The number of rotatable bonds is 26. The maximum atomic E-state index is 13.0. The molecule has 4 fully saturated rings. The number of aliphatic hydroxyl groups excluding tert-OH is 1. The van der Waals surface area contributed by atoms with Gasteiger partial charge in [0.2, 0.25) is 0 Å². The number of phenols is 1. The molecule has 1 aromatic heterocycles. The Labute approximate surface area is 726 Å². The molecule has 8 N–H and O–H groups in total. The van der Waals surface area contributed by atoms with E-state index in [9.17, 15) is 39.9 Å². The lowest BCUT2D eigenvalue weighted by atomic mass is 10.1. The number of nitrogens with two attached hydrogens (primary N) is 2. The number of nitrogens with one attached hydrogen (secondary N) is 1. The van der Waals surface area contributed by atoms with Crippen LogP contribution >= 0.6 is 85.0 Å². The number of alkyl halides is 3. The molecule has 8 aromatic rings. The van der Waals surface area contributed by atoms with E-state index in [2.05, 4.69) is 138 Å². The molecule has 115 heavy (non-hydrogen) atoms. The Morgan fingerprint density at radius 1 is 0.530 bits per heavy atom. The van der Waals surface area contributed by atoms with E-state index in [1.54, 1.807) is 47.0 Å². The van der Waals surface area contributed by atoms with Crippen molar-refractivity contribution in [2.45, 2.75) is 156 Å². The molecular weight excluding hydrogens is 1900 g/mol. The second-order valence-electron chi connectivity index (χ2n) is 27.4. The number of non-ortho nitro benzene ring substituents is 3. The van der Waals surface area contributed by atoms with Crippen molar-refractivity contribution in [3.63, 3.8) is 0 Å². The third kappa shape index (κ3) is 40.6. The highest BCUT2D eigenvalue weighted by molar-refractivity contribution is 15.0. The predicted molar refractivity (Wildman–Crippen MR) is 491 cm³/mol. The van der Waals surface area contributed by atoms with Crippen molar-refractivity contribution >= 4 is 130 Å². The molecule has 0 unspecified atom stereocenters. The molecule has 5 heterocycles. The third-order valence-corrected chi connectivity index (χ3v) is 20.2. The van der Waals surface area contributed by atoms with Gasteiger partial charge in [0.05, 0.1) is 63.4 Å². The minimum atomic E-state index is -0.980. The molecule has 12 rings (SSSR count). The topological polar surface area (TPSA) is 353 Å². The maximum Gasteiger partial charge on any atom is 0.337 e. The lowest BCUT2D eigenvalue weighted by Crippen LogP contribution is -2.28. The van der Waals surface area contributed by atoms with Gasteiger partial charge in [-0.25, -0.2) is 9.78 Å². The number of hydrogen-bond donors (Lipinski definition) is 6. The number of hydrogen-bond acceptors (Lipinski definition) is 21. The summed E-state index contributed by atoms with van der Waals surface area (Å²) in [5, 5.41) is 62.3. The van der Waals surface area contributed by atoms with Gasteiger partial charge in [-0.3, -0.25) is 39.7 Å². The molecule has 0 spiro atoms. The van der Waals surface area contributed by atoms with Crippen LogP contribution in [0.15, 0.2) is 163 Å². The highest BCUT2D eigenvalue weighted by Crippen LogP contribution is 2.25. The fourth-order valence-corrected chi connectivity index (χ4v) is 13.8. The van der Waals surface area contributed by atoms with Gasteiger partial charge in [-0.05, 0) is 267 Å². The van der Waals surface area contributed by atoms with Crippen molar-refractivity contribution in [1.82, 2.24) is 29.6 Å². The number of nitrogen functional groups attached to an aromatic ring is 2. The zero-order valence-corrected chi connectivity index (χ0v) is 76.3. The highest BCUT2D eigenvalue weighted by Gasteiger charge is 2.22. The number of fused-ring (bicyclic) bond motifs is 1. The SMILES string of the molecule is BrCCCBr.CO.C[C@H]1CCCN1.C[C@H]1CCCN1CCCOc1ccc(N)cc1.C[C@H]1CCCN1CCCOc1ccc([N+](=O)[O-])cc1.Cc1ccc(N)c(C(=O)O)c1.Cc1ccc2nc(C)n(-c3ccc(OCCCN4CCC[C@@H]4C)cc3)c(=O)c2c1.II.O=[N+]([O-])c1ccc(O)cc1.O=[N+]([O-])c1ccc(OCCCBr)cc1. The van der Waals surface area contributed by atoms with E-state index in [4.69, 9.17) is 45.7 Å². The van der Waals surface area contributed by atoms with Crippen LogP contribution < -0.4 is 41.3 Å². The monoisotopic (exact) mass is 2010 g/mol.